The molecule has 0 bridgehead atoms. The van der Waals surface area contributed by atoms with E-state index in [0.717, 1.165) is 11.1 Å². The molecule has 4 heterocycles. The maximum atomic E-state index is 13.9. The summed E-state index contributed by atoms with van der Waals surface area (Å²) in [5.41, 5.74) is 2.69. The predicted molar refractivity (Wildman–Crippen MR) is 161 cm³/mol. The molecule has 2 unspecified atom stereocenters. The van der Waals surface area contributed by atoms with E-state index in [1.165, 1.54) is 6.33 Å². The smallest absolute Gasteiger partial charge is 0.369 e. The number of phosphoric acid groups is 1. The molecule has 2 aliphatic rings. The van der Waals surface area contributed by atoms with Crippen molar-refractivity contribution in [2.24, 2.45) is 4.99 Å². The molecular weight excluding hydrogens is 587 g/mol. The zero-order chi connectivity index (χ0) is 30.7. The van der Waals surface area contributed by atoms with Gasteiger partial charge >= 0.3 is 7.82 Å². The molecular formula is C30H35N6O7P. The molecule has 2 aromatic heterocycles. The molecule has 0 N–H and O–H groups in total. The Hall–Kier alpha value is -3.55. The summed E-state index contributed by atoms with van der Waals surface area (Å²) in [4.78, 5) is 19.5. The highest BCUT2D eigenvalue weighted by Gasteiger charge is 2.56. The van der Waals surface area contributed by atoms with Gasteiger partial charge in [0.25, 0.3) is 0 Å². The van der Waals surface area contributed by atoms with E-state index in [1.807, 2.05) is 88.6 Å². The first-order valence-corrected chi connectivity index (χ1v) is 15.7. The highest BCUT2D eigenvalue weighted by Crippen LogP contribution is 2.52. The molecule has 44 heavy (non-hydrogen) atoms. The molecule has 2 aromatic carbocycles. The van der Waals surface area contributed by atoms with Crippen LogP contribution in [-0.2, 0) is 45.6 Å². The van der Waals surface area contributed by atoms with Gasteiger partial charge in [0.05, 0.1) is 32.5 Å². The molecule has 0 amide bonds. The molecule has 14 heteroatoms. The van der Waals surface area contributed by atoms with E-state index in [-0.39, 0.29) is 19.8 Å². The highest BCUT2D eigenvalue weighted by atomic mass is 31.2. The van der Waals surface area contributed by atoms with E-state index >= 15 is 0 Å². The summed E-state index contributed by atoms with van der Waals surface area (Å²) in [5, 5.41) is 0. The van der Waals surface area contributed by atoms with Crippen LogP contribution >= 0.6 is 7.82 Å². The van der Waals surface area contributed by atoms with Gasteiger partial charge in [-0.3, -0.25) is 18.1 Å². The van der Waals surface area contributed by atoms with Crippen molar-refractivity contribution in [1.29, 1.82) is 0 Å². The third-order valence-electron chi connectivity index (χ3n) is 7.01. The Balaban J connectivity index is 1.22. The number of aliphatic imine (C=N–C) groups is 1. The number of rotatable bonds is 12. The lowest BCUT2D eigenvalue weighted by molar-refractivity contribution is -0.199. The molecule has 4 atom stereocenters. The molecule has 6 rings (SSSR count). The first-order chi connectivity index (χ1) is 21.2. The fourth-order valence-electron chi connectivity index (χ4n) is 5.04. The average molecular weight is 623 g/mol. The van der Waals surface area contributed by atoms with E-state index < -0.39 is 38.1 Å². The van der Waals surface area contributed by atoms with E-state index in [9.17, 15) is 4.57 Å². The van der Waals surface area contributed by atoms with Crippen molar-refractivity contribution >= 4 is 31.1 Å². The quantitative estimate of drug-likeness (QED) is 0.120. The fourth-order valence-corrected chi connectivity index (χ4v) is 6.21. The number of hydrogen-bond donors (Lipinski definition) is 0. The molecule has 2 saturated heterocycles. The van der Waals surface area contributed by atoms with Crippen molar-refractivity contribution in [2.75, 3.05) is 20.7 Å². The van der Waals surface area contributed by atoms with Gasteiger partial charge in [-0.2, -0.15) is 0 Å². The lowest BCUT2D eigenvalue weighted by Crippen LogP contribution is -2.32. The highest BCUT2D eigenvalue weighted by molar-refractivity contribution is 7.48. The Kier molecular flexibility index (Phi) is 8.88. The summed E-state index contributed by atoms with van der Waals surface area (Å²) in [6, 6.07) is 18.8. The molecule has 232 valence electrons. The molecule has 0 saturated carbocycles. The molecule has 13 nitrogen and oxygen atoms in total. The van der Waals surface area contributed by atoms with Crippen molar-refractivity contribution < 1.29 is 32.3 Å². The zero-order valence-corrected chi connectivity index (χ0v) is 25.8. The lowest BCUT2D eigenvalue weighted by Gasteiger charge is -2.25. The van der Waals surface area contributed by atoms with Crippen LogP contribution in [0.5, 0.6) is 0 Å². The van der Waals surface area contributed by atoms with E-state index in [2.05, 4.69) is 19.9 Å². The van der Waals surface area contributed by atoms with Crippen LogP contribution in [0, 0.1) is 0 Å². The number of nitrogens with zero attached hydrogens (tertiary/aromatic N) is 6. The lowest BCUT2D eigenvalue weighted by atomic mass is 10.1. The summed E-state index contributed by atoms with van der Waals surface area (Å²) in [7, 11) is -0.313. The number of imidazole rings is 1. The Bertz CT molecular complexity index is 1590. The van der Waals surface area contributed by atoms with Gasteiger partial charge < -0.3 is 19.1 Å². The summed E-state index contributed by atoms with van der Waals surface area (Å²) in [6.07, 6.45) is 2.26. The first-order valence-electron chi connectivity index (χ1n) is 14.2. The average Bonchev–Trinajstić information content (AvgIpc) is 3.69. The standard InChI is InChI=1S/C30H35N6O7P/c1-30(2)42-25-23(17-40-44(37,38-15-21-11-7-5-8-12-21)39-16-22-13-9-6-10-14-22)41-29(26(25)43-30)36-20-33-24-27(34-19-35(3)4)31-18-32-28(24)36/h5-14,18-20,23,25-26,29H,15-17H2,1-4H3/b34-19-/t23-,25?,26?,29-/m1/s1. The van der Waals surface area contributed by atoms with Gasteiger partial charge in [0, 0.05) is 14.1 Å². The van der Waals surface area contributed by atoms with Gasteiger partial charge in [-0.25, -0.2) is 24.5 Å². The van der Waals surface area contributed by atoms with Crippen LogP contribution in [-0.4, -0.2) is 75.6 Å². The van der Waals surface area contributed by atoms with Crippen molar-refractivity contribution in [1.82, 2.24) is 24.4 Å². The van der Waals surface area contributed by atoms with Gasteiger partial charge in [0.15, 0.2) is 29.0 Å². The summed E-state index contributed by atoms with van der Waals surface area (Å²) < 4.78 is 52.2. The van der Waals surface area contributed by atoms with Gasteiger partial charge in [0.1, 0.15) is 24.6 Å². The predicted octanol–water partition coefficient (Wildman–Crippen LogP) is 5.02. The van der Waals surface area contributed by atoms with E-state index in [1.54, 1.807) is 22.1 Å². The van der Waals surface area contributed by atoms with Crippen LogP contribution in [0.25, 0.3) is 11.2 Å². The van der Waals surface area contributed by atoms with Crippen LogP contribution in [0.2, 0.25) is 0 Å². The second-order valence-corrected chi connectivity index (χ2v) is 12.8. The molecule has 2 aliphatic heterocycles. The first kappa shape index (κ1) is 30.5. The van der Waals surface area contributed by atoms with Crippen LogP contribution in [0.4, 0.5) is 5.82 Å². The Morgan fingerprint density at radius 3 is 2.20 bits per heavy atom. The normalized spacial score (nSPS) is 23.0. The SMILES string of the molecule is CN(C)/C=N\c1ncnc2c1ncn2[C@@H]1O[C@H](COP(=O)(OCc2ccccc2)OCc2ccccc2)C2OC(C)(C)OC21. The number of aromatic nitrogens is 4. The number of phosphoric ester groups is 1. The van der Waals surface area contributed by atoms with Crippen LogP contribution in [0.15, 0.2) is 78.3 Å². The molecule has 0 radical (unpaired) electrons. The zero-order valence-electron chi connectivity index (χ0n) is 24.9. The Morgan fingerprint density at radius 1 is 0.932 bits per heavy atom. The maximum absolute atomic E-state index is 13.9. The number of fused-ring (bicyclic) bond motifs is 2. The third-order valence-corrected chi connectivity index (χ3v) is 8.37. The Morgan fingerprint density at radius 2 is 1.57 bits per heavy atom. The molecule has 2 fully saturated rings. The number of benzene rings is 2. The maximum Gasteiger partial charge on any atom is 0.475 e. The minimum atomic E-state index is -4.05. The van der Waals surface area contributed by atoms with E-state index in [4.69, 9.17) is 27.8 Å². The van der Waals surface area contributed by atoms with Gasteiger partial charge in [-0.1, -0.05) is 60.7 Å². The summed E-state index contributed by atoms with van der Waals surface area (Å²) in [5.74, 6) is -0.465. The topological polar surface area (TPSA) is 132 Å². The molecule has 0 aliphatic carbocycles. The minimum Gasteiger partial charge on any atom is -0.369 e. The van der Waals surface area contributed by atoms with Gasteiger partial charge in [-0.05, 0) is 25.0 Å². The van der Waals surface area contributed by atoms with Crippen LogP contribution < -0.4 is 0 Å². The minimum absolute atomic E-state index is 0.0408. The number of hydrogen-bond acceptors (Lipinski definition) is 11. The van der Waals surface area contributed by atoms with Crippen molar-refractivity contribution in [3.8, 4) is 0 Å². The monoisotopic (exact) mass is 622 g/mol. The van der Waals surface area contributed by atoms with Crippen molar-refractivity contribution in [2.45, 2.75) is 57.4 Å². The summed E-state index contributed by atoms with van der Waals surface area (Å²) in [6.45, 7) is 3.61. The largest absolute Gasteiger partial charge is 0.475 e. The third kappa shape index (κ3) is 6.89. The Labute approximate surface area is 255 Å². The summed E-state index contributed by atoms with van der Waals surface area (Å²) >= 11 is 0. The van der Waals surface area contributed by atoms with Gasteiger partial charge in [0.2, 0.25) is 0 Å². The molecule has 0 spiro atoms. The second-order valence-electron chi connectivity index (χ2n) is 11.1. The van der Waals surface area contributed by atoms with Gasteiger partial charge in [-0.15, -0.1) is 0 Å². The van der Waals surface area contributed by atoms with Crippen molar-refractivity contribution in [3.63, 3.8) is 0 Å². The van der Waals surface area contributed by atoms with Crippen LogP contribution in [0.3, 0.4) is 0 Å². The van der Waals surface area contributed by atoms with E-state index in [0.29, 0.717) is 17.0 Å². The number of ether oxygens (including phenoxy) is 3. The van der Waals surface area contributed by atoms with Crippen molar-refractivity contribution in [3.05, 3.63) is 84.4 Å². The fraction of sp³-hybridized carbons (Fsp3) is 0.400. The second kappa shape index (κ2) is 12.8. The van der Waals surface area contributed by atoms with Crippen LogP contribution in [0.1, 0.15) is 31.2 Å². The molecule has 4 aromatic rings.